The second-order valence-corrected chi connectivity index (χ2v) is 5.69. The second-order valence-electron chi connectivity index (χ2n) is 5.69. The monoisotopic (exact) mass is 221 g/mol. The normalized spacial score (nSPS) is 21.1. The Bertz CT molecular complexity index is 293. The molecule has 0 saturated heterocycles. The van der Waals surface area contributed by atoms with Gasteiger partial charge in [-0.2, -0.15) is 0 Å². The highest BCUT2D eigenvalue weighted by molar-refractivity contribution is 4.82. The van der Waals surface area contributed by atoms with Crippen LogP contribution in [0.1, 0.15) is 39.5 Å². The number of imidazole rings is 1. The number of rotatable bonds is 4. The highest BCUT2D eigenvalue weighted by Gasteiger charge is 2.26. The van der Waals surface area contributed by atoms with Crippen molar-refractivity contribution in [3.05, 3.63) is 18.7 Å². The van der Waals surface area contributed by atoms with E-state index in [1.54, 1.807) is 0 Å². The predicted molar refractivity (Wildman–Crippen MR) is 66.3 cm³/mol. The first-order valence-electron chi connectivity index (χ1n) is 6.35. The molecule has 16 heavy (non-hydrogen) atoms. The van der Waals surface area contributed by atoms with E-state index in [0.29, 0.717) is 5.41 Å². The minimum atomic E-state index is 0.572. The maximum atomic E-state index is 4.04. The van der Waals surface area contributed by atoms with Crippen LogP contribution in [0.3, 0.4) is 0 Å². The molecule has 0 bridgehead atoms. The van der Waals surface area contributed by atoms with Crippen molar-refractivity contribution in [2.24, 2.45) is 5.41 Å². The van der Waals surface area contributed by atoms with Crippen LogP contribution in [0.5, 0.6) is 0 Å². The molecule has 3 heteroatoms. The van der Waals surface area contributed by atoms with Crippen LogP contribution in [0.4, 0.5) is 0 Å². The zero-order chi connectivity index (χ0) is 11.4. The van der Waals surface area contributed by atoms with Crippen LogP contribution in [-0.4, -0.2) is 22.1 Å². The average Bonchev–Trinajstić information content (AvgIpc) is 2.73. The van der Waals surface area contributed by atoms with Crippen molar-refractivity contribution in [1.82, 2.24) is 14.9 Å². The van der Waals surface area contributed by atoms with Crippen molar-refractivity contribution in [1.29, 1.82) is 0 Å². The minimum absolute atomic E-state index is 0.572. The minimum Gasteiger partial charge on any atom is -0.336 e. The van der Waals surface area contributed by atoms with Crippen LogP contribution >= 0.6 is 0 Å². The molecule has 0 aromatic carbocycles. The Morgan fingerprint density at radius 2 is 2.12 bits per heavy atom. The van der Waals surface area contributed by atoms with Crippen molar-refractivity contribution < 1.29 is 0 Å². The molecule has 1 heterocycles. The summed E-state index contributed by atoms with van der Waals surface area (Å²) in [7, 11) is 0. The molecule has 1 saturated carbocycles. The zero-order valence-electron chi connectivity index (χ0n) is 10.4. The van der Waals surface area contributed by atoms with Gasteiger partial charge >= 0.3 is 0 Å². The zero-order valence-corrected chi connectivity index (χ0v) is 10.4. The van der Waals surface area contributed by atoms with Gasteiger partial charge in [-0.25, -0.2) is 4.98 Å². The summed E-state index contributed by atoms with van der Waals surface area (Å²) in [6, 6.07) is 0.733. The highest BCUT2D eigenvalue weighted by Crippen LogP contribution is 2.34. The number of aromatic nitrogens is 2. The van der Waals surface area contributed by atoms with E-state index in [2.05, 4.69) is 28.7 Å². The van der Waals surface area contributed by atoms with Gasteiger partial charge in [-0.05, 0) is 31.1 Å². The number of hydrogen-bond acceptors (Lipinski definition) is 2. The van der Waals surface area contributed by atoms with Gasteiger partial charge in [0, 0.05) is 31.5 Å². The third kappa shape index (κ3) is 3.34. The van der Waals surface area contributed by atoms with Crippen LogP contribution in [0, 0.1) is 5.41 Å². The lowest BCUT2D eigenvalue weighted by molar-refractivity contribution is 0.206. The van der Waals surface area contributed by atoms with E-state index in [-0.39, 0.29) is 0 Å². The van der Waals surface area contributed by atoms with Crippen molar-refractivity contribution in [3.8, 4) is 0 Å². The molecule has 3 nitrogen and oxygen atoms in total. The van der Waals surface area contributed by atoms with Crippen molar-refractivity contribution >= 4 is 0 Å². The van der Waals surface area contributed by atoms with Gasteiger partial charge in [-0.3, -0.25) is 0 Å². The van der Waals surface area contributed by atoms with E-state index >= 15 is 0 Å². The Morgan fingerprint density at radius 3 is 2.75 bits per heavy atom. The molecule has 0 unspecified atom stereocenters. The first kappa shape index (κ1) is 11.6. The fourth-order valence-electron chi connectivity index (χ4n) is 2.42. The van der Waals surface area contributed by atoms with Gasteiger partial charge in [0.05, 0.1) is 6.33 Å². The summed E-state index contributed by atoms with van der Waals surface area (Å²) in [5, 5.41) is 3.65. The Kier molecular flexibility index (Phi) is 3.64. The van der Waals surface area contributed by atoms with Crippen molar-refractivity contribution in [2.45, 2.75) is 52.1 Å². The summed E-state index contributed by atoms with van der Waals surface area (Å²) >= 11 is 0. The Morgan fingerprint density at radius 1 is 1.38 bits per heavy atom. The lowest BCUT2D eigenvalue weighted by atomic mass is 9.75. The van der Waals surface area contributed by atoms with Crippen LogP contribution in [0.2, 0.25) is 0 Å². The van der Waals surface area contributed by atoms with E-state index < -0.39 is 0 Å². The van der Waals surface area contributed by atoms with Gasteiger partial charge in [0.15, 0.2) is 0 Å². The molecule has 0 radical (unpaired) electrons. The Labute approximate surface area is 98.3 Å². The molecule has 1 aromatic heterocycles. The first-order chi connectivity index (χ1) is 7.66. The van der Waals surface area contributed by atoms with Crippen molar-refractivity contribution in [2.75, 3.05) is 6.54 Å². The maximum absolute atomic E-state index is 4.04. The van der Waals surface area contributed by atoms with E-state index in [1.165, 1.54) is 25.7 Å². The standard InChI is InChI=1S/C13H23N3/c1-13(2)5-3-12(4-6-13)15-8-10-16-9-7-14-11-16/h7,9,11-12,15H,3-6,8,10H2,1-2H3. The molecule has 1 N–H and O–H groups in total. The summed E-state index contributed by atoms with van der Waals surface area (Å²) in [4.78, 5) is 4.04. The molecule has 2 rings (SSSR count). The predicted octanol–water partition coefficient (Wildman–Crippen LogP) is 2.44. The van der Waals surface area contributed by atoms with Gasteiger partial charge in [-0.15, -0.1) is 0 Å². The van der Waals surface area contributed by atoms with Gasteiger partial charge in [-0.1, -0.05) is 13.8 Å². The van der Waals surface area contributed by atoms with Crippen LogP contribution < -0.4 is 5.32 Å². The summed E-state index contributed by atoms with van der Waals surface area (Å²) in [6.45, 7) is 6.85. The maximum Gasteiger partial charge on any atom is 0.0946 e. The molecular formula is C13H23N3. The van der Waals surface area contributed by atoms with E-state index in [1.807, 2.05) is 18.7 Å². The fraction of sp³-hybridized carbons (Fsp3) is 0.769. The number of hydrogen-bond donors (Lipinski definition) is 1. The number of nitrogens with zero attached hydrogens (tertiary/aromatic N) is 2. The topological polar surface area (TPSA) is 29.9 Å². The molecule has 0 spiro atoms. The Balaban J connectivity index is 1.64. The smallest absolute Gasteiger partial charge is 0.0946 e. The average molecular weight is 221 g/mol. The van der Waals surface area contributed by atoms with Crippen LogP contribution in [-0.2, 0) is 6.54 Å². The van der Waals surface area contributed by atoms with E-state index in [0.717, 1.165) is 19.1 Å². The van der Waals surface area contributed by atoms with Crippen LogP contribution in [0.25, 0.3) is 0 Å². The van der Waals surface area contributed by atoms with Gasteiger partial charge < -0.3 is 9.88 Å². The van der Waals surface area contributed by atoms with Crippen molar-refractivity contribution in [3.63, 3.8) is 0 Å². The second kappa shape index (κ2) is 5.00. The third-order valence-electron chi connectivity index (χ3n) is 3.70. The molecule has 90 valence electrons. The quantitative estimate of drug-likeness (QED) is 0.846. The molecule has 0 atom stereocenters. The Hall–Kier alpha value is -0.830. The summed E-state index contributed by atoms with van der Waals surface area (Å²) in [6.07, 6.45) is 11.1. The lowest BCUT2D eigenvalue weighted by Crippen LogP contribution is -2.37. The summed E-state index contributed by atoms with van der Waals surface area (Å²) in [5.41, 5.74) is 0.572. The lowest BCUT2D eigenvalue weighted by Gasteiger charge is -2.34. The molecule has 1 aromatic rings. The van der Waals surface area contributed by atoms with Gasteiger partial charge in [0.1, 0.15) is 0 Å². The first-order valence-corrected chi connectivity index (χ1v) is 6.35. The summed E-state index contributed by atoms with van der Waals surface area (Å²) in [5.74, 6) is 0. The molecule has 1 aliphatic rings. The van der Waals surface area contributed by atoms with Crippen LogP contribution in [0.15, 0.2) is 18.7 Å². The molecule has 0 amide bonds. The SMILES string of the molecule is CC1(C)CCC(NCCn2ccnc2)CC1. The summed E-state index contributed by atoms with van der Waals surface area (Å²) < 4.78 is 2.12. The van der Waals surface area contributed by atoms with E-state index in [4.69, 9.17) is 0 Å². The number of nitrogens with one attached hydrogen (secondary N) is 1. The largest absolute Gasteiger partial charge is 0.336 e. The van der Waals surface area contributed by atoms with Gasteiger partial charge in [0.2, 0.25) is 0 Å². The van der Waals surface area contributed by atoms with Gasteiger partial charge in [0.25, 0.3) is 0 Å². The molecule has 1 aliphatic carbocycles. The third-order valence-corrected chi connectivity index (χ3v) is 3.70. The fourth-order valence-corrected chi connectivity index (χ4v) is 2.42. The van der Waals surface area contributed by atoms with E-state index in [9.17, 15) is 0 Å². The highest BCUT2D eigenvalue weighted by atomic mass is 15.0. The molecule has 1 fully saturated rings. The molecular weight excluding hydrogens is 198 g/mol. The molecule has 0 aliphatic heterocycles.